The van der Waals surface area contributed by atoms with Crippen molar-refractivity contribution in [3.8, 4) is 11.3 Å². The first-order valence-corrected chi connectivity index (χ1v) is 9.72. The molecule has 0 spiro atoms. The van der Waals surface area contributed by atoms with E-state index >= 15 is 0 Å². The van der Waals surface area contributed by atoms with Gasteiger partial charge in [0.2, 0.25) is 0 Å². The summed E-state index contributed by atoms with van der Waals surface area (Å²) in [6.45, 7) is 0. The molecule has 1 heterocycles. The second-order valence-electron chi connectivity index (χ2n) is 7.11. The fraction of sp³-hybridized carbons (Fsp3) is 0.261. The van der Waals surface area contributed by atoms with Crippen LogP contribution in [0.2, 0.25) is 0 Å². The number of hydrogen-bond donors (Lipinski definition) is 1. The van der Waals surface area contributed by atoms with Crippen molar-refractivity contribution < 1.29 is 9.18 Å². The molecule has 142 valence electrons. The molecule has 0 saturated heterocycles. The number of hydrazone groups is 1. The lowest BCUT2D eigenvalue weighted by Crippen LogP contribution is -2.20. The number of amides is 1. The molecule has 1 aromatic heterocycles. The van der Waals surface area contributed by atoms with Crippen molar-refractivity contribution in [3.63, 3.8) is 0 Å². The zero-order valence-corrected chi connectivity index (χ0v) is 15.6. The predicted octanol–water partition coefficient (Wildman–Crippen LogP) is 5.48. The van der Waals surface area contributed by atoms with E-state index in [9.17, 15) is 9.18 Å². The highest BCUT2D eigenvalue weighted by molar-refractivity contribution is 6.07. The first kappa shape index (κ1) is 18.3. The molecule has 1 fully saturated rings. The average molecular weight is 375 g/mol. The van der Waals surface area contributed by atoms with Crippen LogP contribution in [0, 0.1) is 5.82 Å². The number of hydrogen-bond acceptors (Lipinski definition) is 3. The number of fused-ring (bicyclic) bond motifs is 1. The highest BCUT2D eigenvalue weighted by Crippen LogP contribution is 2.25. The minimum absolute atomic E-state index is 0.251. The van der Waals surface area contributed by atoms with Crippen molar-refractivity contribution in [2.75, 3.05) is 0 Å². The smallest absolute Gasteiger partial charge is 0.267 e. The Bertz CT molecular complexity index is 1020. The number of benzene rings is 2. The van der Waals surface area contributed by atoms with Crippen molar-refractivity contribution in [2.45, 2.75) is 38.5 Å². The molecule has 1 aliphatic rings. The molecule has 0 unspecified atom stereocenters. The molecule has 3 aromatic rings. The van der Waals surface area contributed by atoms with Gasteiger partial charge in [-0.25, -0.2) is 14.8 Å². The Morgan fingerprint density at radius 2 is 1.68 bits per heavy atom. The highest BCUT2D eigenvalue weighted by Gasteiger charge is 2.14. The van der Waals surface area contributed by atoms with Gasteiger partial charge in [-0.1, -0.05) is 31.0 Å². The Kier molecular flexibility index (Phi) is 5.42. The van der Waals surface area contributed by atoms with Crippen molar-refractivity contribution in [3.05, 3.63) is 66.0 Å². The van der Waals surface area contributed by atoms with Gasteiger partial charge in [-0.3, -0.25) is 4.79 Å². The minimum atomic E-state index is -0.304. The van der Waals surface area contributed by atoms with Gasteiger partial charge < -0.3 is 0 Å². The van der Waals surface area contributed by atoms with Crippen LogP contribution < -0.4 is 5.43 Å². The van der Waals surface area contributed by atoms with E-state index in [0.717, 1.165) is 47.9 Å². The number of nitrogens with one attached hydrogen (secondary N) is 1. The summed E-state index contributed by atoms with van der Waals surface area (Å²) in [5.41, 5.74) is 6.42. The fourth-order valence-electron chi connectivity index (χ4n) is 3.57. The Hall–Kier alpha value is -3.08. The van der Waals surface area contributed by atoms with E-state index < -0.39 is 0 Å². The van der Waals surface area contributed by atoms with Gasteiger partial charge in [0.05, 0.1) is 16.8 Å². The molecule has 0 bridgehead atoms. The first-order valence-electron chi connectivity index (χ1n) is 9.72. The molecule has 0 atom stereocenters. The number of carbonyl (C=O) groups is 1. The normalized spacial score (nSPS) is 14.5. The monoisotopic (exact) mass is 375 g/mol. The van der Waals surface area contributed by atoms with Crippen molar-refractivity contribution in [1.29, 1.82) is 0 Å². The van der Waals surface area contributed by atoms with Crippen molar-refractivity contribution in [1.82, 2.24) is 10.4 Å². The van der Waals surface area contributed by atoms with Gasteiger partial charge in [0.25, 0.3) is 5.91 Å². The number of para-hydroxylation sites is 1. The summed E-state index contributed by atoms with van der Waals surface area (Å²) in [7, 11) is 0. The third-order valence-electron chi connectivity index (χ3n) is 5.10. The summed E-state index contributed by atoms with van der Waals surface area (Å²) in [4.78, 5) is 17.6. The molecule has 28 heavy (non-hydrogen) atoms. The third-order valence-corrected chi connectivity index (χ3v) is 5.10. The Labute approximate surface area is 163 Å². The molecule has 4 rings (SSSR count). The predicted molar refractivity (Wildman–Crippen MR) is 110 cm³/mol. The van der Waals surface area contributed by atoms with E-state index in [1.165, 1.54) is 25.0 Å². The molecule has 1 saturated carbocycles. The number of halogens is 1. The number of carbonyl (C=O) groups excluding carboxylic acids is 1. The van der Waals surface area contributed by atoms with E-state index in [0.29, 0.717) is 11.3 Å². The molecular weight excluding hydrogens is 353 g/mol. The van der Waals surface area contributed by atoms with Gasteiger partial charge in [-0.15, -0.1) is 0 Å². The van der Waals surface area contributed by atoms with Crippen LogP contribution in [0.4, 0.5) is 4.39 Å². The maximum Gasteiger partial charge on any atom is 0.272 e. The van der Waals surface area contributed by atoms with Gasteiger partial charge >= 0.3 is 0 Å². The van der Waals surface area contributed by atoms with Gasteiger partial charge in [0.15, 0.2) is 0 Å². The zero-order valence-electron chi connectivity index (χ0n) is 15.6. The average Bonchev–Trinajstić information content (AvgIpc) is 3.00. The quantitative estimate of drug-likeness (QED) is 0.487. The Morgan fingerprint density at radius 3 is 2.43 bits per heavy atom. The minimum Gasteiger partial charge on any atom is -0.267 e. The highest BCUT2D eigenvalue weighted by atomic mass is 19.1. The maximum atomic E-state index is 13.3. The van der Waals surface area contributed by atoms with E-state index in [4.69, 9.17) is 0 Å². The fourth-order valence-corrected chi connectivity index (χ4v) is 3.57. The van der Waals surface area contributed by atoms with Gasteiger partial charge in [-0.2, -0.15) is 5.10 Å². The van der Waals surface area contributed by atoms with Crippen LogP contribution in [-0.4, -0.2) is 16.6 Å². The van der Waals surface area contributed by atoms with Crippen molar-refractivity contribution >= 4 is 22.5 Å². The van der Waals surface area contributed by atoms with E-state index in [1.54, 1.807) is 18.2 Å². The van der Waals surface area contributed by atoms with E-state index in [-0.39, 0.29) is 11.7 Å². The topological polar surface area (TPSA) is 54.4 Å². The number of nitrogens with zero attached hydrogens (tertiary/aromatic N) is 2. The molecule has 1 amide bonds. The molecular formula is C23H22FN3O. The van der Waals surface area contributed by atoms with Crippen LogP contribution in [0.5, 0.6) is 0 Å². The molecule has 0 aliphatic heterocycles. The summed E-state index contributed by atoms with van der Waals surface area (Å²) >= 11 is 0. The standard InChI is InChI=1S/C23H22FN3O/c24-17-13-11-16(12-14-17)22-15-20(19-9-5-6-10-21(19)25-22)23(28)27-26-18-7-3-1-2-4-8-18/h5-6,9-15H,1-4,7-8H2,(H,27,28). The molecule has 5 heteroatoms. The van der Waals surface area contributed by atoms with Crippen LogP contribution in [-0.2, 0) is 0 Å². The number of rotatable bonds is 3. The SMILES string of the molecule is O=C(NN=C1CCCCCC1)c1cc(-c2ccc(F)cc2)nc2ccccc12. The van der Waals surface area contributed by atoms with Gasteiger partial charge in [-0.05, 0) is 62.1 Å². The summed E-state index contributed by atoms with van der Waals surface area (Å²) in [6, 6.07) is 15.4. The summed E-state index contributed by atoms with van der Waals surface area (Å²) in [6.07, 6.45) is 6.59. The molecule has 0 radical (unpaired) electrons. The maximum absolute atomic E-state index is 13.3. The number of aromatic nitrogens is 1. The molecule has 1 aliphatic carbocycles. The van der Waals surface area contributed by atoms with Crippen LogP contribution in [0.3, 0.4) is 0 Å². The molecule has 4 nitrogen and oxygen atoms in total. The summed E-state index contributed by atoms with van der Waals surface area (Å²) in [5, 5.41) is 5.16. The Balaban J connectivity index is 1.69. The zero-order chi connectivity index (χ0) is 19.3. The van der Waals surface area contributed by atoms with Crippen LogP contribution in [0.25, 0.3) is 22.2 Å². The van der Waals surface area contributed by atoms with Crippen LogP contribution >= 0.6 is 0 Å². The van der Waals surface area contributed by atoms with E-state index in [1.807, 2.05) is 24.3 Å². The second kappa shape index (κ2) is 8.30. The first-order chi connectivity index (χ1) is 13.7. The van der Waals surface area contributed by atoms with Crippen LogP contribution in [0.1, 0.15) is 48.9 Å². The van der Waals surface area contributed by atoms with Crippen molar-refractivity contribution in [2.24, 2.45) is 5.10 Å². The largest absolute Gasteiger partial charge is 0.272 e. The lowest BCUT2D eigenvalue weighted by atomic mass is 10.0. The lowest BCUT2D eigenvalue weighted by Gasteiger charge is -2.10. The van der Waals surface area contributed by atoms with E-state index in [2.05, 4.69) is 15.5 Å². The summed E-state index contributed by atoms with van der Waals surface area (Å²) < 4.78 is 13.3. The number of pyridine rings is 1. The molecule has 1 N–H and O–H groups in total. The van der Waals surface area contributed by atoms with Gasteiger partial charge in [0.1, 0.15) is 5.82 Å². The lowest BCUT2D eigenvalue weighted by molar-refractivity contribution is 0.0956. The second-order valence-corrected chi connectivity index (χ2v) is 7.11. The van der Waals surface area contributed by atoms with Crippen LogP contribution in [0.15, 0.2) is 59.7 Å². The van der Waals surface area contributed by atoms with Gasteiger partial charge in [0, 0.05) is 16.7 Å². The Morgan fingerprint density at radius 1 is 0.964 bits per heavy atom. The molecule has 2 aromatic carbocycles. The third kappa shape index (κ3) is 4.09. The summed E-state index contributed by atoms with van der Waals surface area (Å²) in [5.74, 6) is -0.555.